The Morgan fingerprint density at radius 3 is 1.83 bits per heavy atom. The maximum Gasteiger partial charge on any atom is 0.490 e. The quantitative estimate of drug-likeness (QED) is 0.666. The lowest BCUT2D eigenvalue weighted by molar-refractivity contribution is -0.192. The van der Waals surface area contributed by atoms with Crippen molar-refractivity contribution in [1.82, 2.24) is 0 Å². The summed E-state index contributed by atoms with van der Waals surface area (Å²) < 4.78 is 31.7. The van der Waals surface area contributed by atoms with Crippen molar-refractivity contribution >= 4 is 12.3 Å². The maximum absolute atomic E-state index is 10.6. The molecule has 0 aliphatic rings. The second-order valence-corrected chi connectivity index (χ2v) is 1.76. The standard InChI is InChI=1S/C4H8O.C2HF3O2/c1-2-3-4-5;3-2(4,5)1(6)7/h4H,2-3H2,1H3;(H,6,7). The van der Waals surface area contributed by atoms with Gasteiger partial charge in [0.2, 0.25) is 0 Å². The minimum atomic E-state index is -5.08. The van der Waals surface area contributed by atoms with E-state index in [1.807, 2.05) is 6.92 Å². The Labute approximate surface area is 67.2 Å². The Balaban J connectivity index is 0. The number of hydrogen-bond donors (Lipinski definition) is 1. The number of alkyl halides is 3. The molecular weight excluding hydrogens is 177 g/mol. The van der Waals surface area contributed by atoms with Crippen molar-refractivity contribution in [3.8, 4) is 0 Å². The number of halogens is 3. The summed E-state index contributed by atoms with van der Waals surface area (Å²) in [5.74, 6) is -2.76. The van der Waals surface area contributed by atoms with Crippen LogP contribution < -0.4 is 0 Å². The SMILES string of the molecule is CCCC=O.O=C(O)C(F)(F)F. The van der Waals surface area contributed by atoms with E-state index in [-0.39, 0.29) is 0 Å². The van der Waals surface area contributed by atoms with Gasteiger partial charge in [-0.15, -0.1) is 0 Å². The minimum absolute atomic E-state index is 0.708. The third kappa shape index (κ3) is 11.7. The predicted octanol–water partition coefficient (Wildman–Crippen LogP) is 1.62. The molecule has 0 saturated heterocycles. The van der Waals surface area contributed by atoms with Gasteiger partial charge in [0.15, 0.2) is 0 Å². The molecule has 72 valence electrons. The molecule has 0 aromatic heterocycles. The summed E-state index contributed by atoms with van der Waals surface area (Å²) in [5.41, 5.74) is 0. The molecule has 0 aliphatic carbocycles. The van der Waals surface area contributed by atoms with Crippen LogP contribution in [0.2, 0.25) is 0 Å². The monoisotopic (exact) mass is 186 g/mol. The first-order chi connectivity index (χ1) is 5.36. The summed E-state index contributed by atoms with van der Waals surface area (Å²) in [4.78, 5) is 18.3. The zero-order valence-corrected chi connectivity index (χ0v) is 6.39. The zero-order chi connectivity index (χ0) is 10.2. The first kappa shape index (κ1) is 13.5. The second kappa shape index (κ2) is 6.63. The van der Waals surface area contributed by atoms with Crippen LogP contribution in [0.15, 0.2) is 0 Å². The van der Waals surface area contributed by atoms with Crippen LogP contribution in [0.3, 0.4) is 0 Å². The van der Waals surface area contributed by atoms with Crippen LogP contribution in [-0.4, -0.2) is 23.5 Å². The number of carbonyl (C=O) groups is 2. The number of carboxylic acid groups (broad SMARTS) is 1. The van der Waals surface area contributed by atoms with Crippen molar-refractivity contribution in [1.29, 1.82) is 0 Å². The molecule has 0 rings (SSSR count). The van der Waals surface area contributed by atoms with E-state index in [1.54, 1.807) is 0 Å². The smallest absolute Gasteiger partial charge is 0.475 e. The van der Waals surface area contributed by atoms with Crippen molar-refractivity contribution < 1.29 is 27.9 Å². The molecule has 0 heterocycles. The van der Waals surface area contributed by atoms with E-state index in [9.17, 15) is 18.0 Å². The summed E-state index contributed by atoms with van der Waals surface area (Å²) in [7, 11) is 0. The molecule has 3 nitrogen and oxygen atoms in total. The van der Waals surface area contributed by atoms with Crippen molar-refractivity contribution in [3.63, 3.8) is 0 Å². The van der Waals surface area contributed by atoms with Crippen molar-refractivity contribution in [2.24, 2.45) is 0 Å². The lowest BCUT2D eigenvalue weighted by Gasteiger charge is -1.93. The van der Waals surface area contributed by atoms with Gasteiger partial charge in [-0.25, -0.2) is 4.79 Å². The molecule has 0 amide bonds. The van der Waals surface area contributed by atoms with Gasteiger partial charge in [-0.1, -0.05) is 6.92 Å². The molecule has 0 fully saturated rings. The van der Waals surface area contributed by atoms with Gasteiger partial charge >= 0.3 is 12.1 Å². The van der Waals surface area contributed by atoms with Crippen LogP contribution in [-0.2, 0) is 9.59 Å². The second-order valence-electron chi connectivity index (χ2n) is 1.76. The predicted molar refractivity (Wildman–Crippen MR) is 34.7 cm³/mol. The van der Waals surface area contributed by atoms with Crippen LogP contribution >= 0.6 is 0 Å². The Bertz CT molecular complexity index is 141. The first-order valence-electron chi connectivity index (χ1n) is 3.10. The normalized spacial score (nSPS) is 9.67. The van der Waals surface area contributed by atoms with Crippen molar-refractivity contribution in [2.45, 2.75) is 25.9 Å². The molecule has 6 heteroatoms. The lowest BCUT2D eigenvalue weighted by Crippen LogP contribution is -2.21. The third-order valence-electron chi connectivity index (χ3n) is 0.649. The molecule has 0 radical (unpaired) electrons. The van der Waals surface area contributed by atoms with Gasteiger partial charge in [0.1, 0.15) is 6.29 Å². The van der Waals surface area contributed by atoms with Gasteiger partial charge in [0.25, 0.3) is 0 Å². The van der Waals surface area contributed by atoms with E-state index in [0.717, 1.165) is 12.7 Å². The minimum Gasteiger partial charge on any atom is -0.475 e. The molecular formula is C6H9F3O3. The fourth-order valence-electron chi connectivity index (χ4n) is 0.118. The van der Waals surface area contributed by atoms with Gasteiger partial charge in [-0.3, -0.25) is 0 Å². The summed E-state index contributed by atoms with van der Waals surface area (Å²) in [5, 5.41) is 7.12. The highest BCUT2D eigenvalue weighted by Crippen LogP contribution is 2.13. The summed E-state index contributed by atoms with van der Waals surface area (Å²) in [6.07, 6.45) is -2.47. The molecule has 12 heavy (non-hydrogen) atoms. The average molecular weight is 186 g/mol. The fraction of sp³-hybridized carbons (Fsp3) is 0.667. The van der Waals surface area contributed by atoms with E-state index >= 15 is 0 Å². The molecule has 0 saturated carbocycles. The summed E-state index contributed by atoms with van der Waals surface area (Å²) >= 11 is 0. The van der Waals surface area contributed by atoms with E-state index < -0.39 is 12.1 Å². The molecule has 0 atom stereocenters. The van der Waals surface area contributed by atoms with E-state index in [0.29, 0.717) is 6.42 Å². The highest BCUT2D eigenvalue weighted by Gasteiger charge is 2.38. The molecule has 0 aromatic rings. The largest absolute Gasteiger partial charge is 0.490 e. The molecule has 0 aliphatic heterocycles. The van der Waals surface area contributed by atoms with Crippen LogP contribution in [0.1, 0.15) is 19.8 Å². The van der Waals surface area contributed by atoms with Crippen LogP contribution in [0.4, 0.5) is 13.2 Å². The highest BCUT2D eigenvalue weighted by molar-refractivity contribution is 5.73. The number of aldehydes is 1. The molecule has 0 unspecified atom stereocenters. The van der Waals surface area contributed by atoms with Gasteiger partial charge in [0.05, 0.1) is 0 Å². The summed E-state index contributed by atoms with van der Waals surface area (Å²) in [6.45, 7) is 1.98. The number of hydrogen-bond acceptors (Lipinski definition) is 2. The maximum atomic E-state index is 10.6. The molecule has 0 bridgehead atoms. The van der Waals surface area contributed by atoms with E-state index in [2.05, 4.69) is 0 Å². The van der Waals surface area contributed by atoms with Gasteiger partial charge in [0, 0.05) is 6.42 Å². The third-order valence-corrected chi connectivity index (χ3v) is 0.649. The number of carbonyl (C=O) groups excluding carboxylic acids is 1. The number of rotatable bonds is 2. The Morgan fingerprint density at radius 2 is 1.83 bits per heavy atom. The highest BCUT2D eigenvalue weighted by atomic mass is 19.4. The average Bonchev–Trinajstić information content (AvgIpc) is 1.88. The molecule has 1 N–H and O–H groups in total. The number of unbranched alkanes of at least 4 members (excludes halogenated alkanes) is 1. The van der Waals surface area contributed by atoms with Crippen LogP contribution in [0.5, 0.6) is 0 Å². The van der Waals surface area contributed by atoms with Gasteiger partial charge in [-0.2, -0.15) is 13.2 Å². The summed E-state index contributed by atoms with van der Waals surface area (Å²) in [6, 6.07) is 0. The van der Waals surface area contributed by atoms with E-state index in [1.165, 1.54) is 0 Å². The van der Waals surface area contributed by atoms with Crippen molar-refractivity contribution in [3.05, 3.63) is 0 Å². The Kier molecular flexibility index (Phi) is 7.47. The topological polar surface area (TPSA) is 54.4 Å². The fourth-order valence-corrected chi connectivity index (χ4v) is 0.118. The number of aliphatic carboxylic acids is 1. The first-order valence-corrected chi connectivity index (χ1v) is 3.10. The number of carboxylic acids is 1. The zero-order valence-electron chi connectivity index (χ0n) is 6.39. The van der Waals surface area contributed by atoms with Crippen LogP contribution in [0.25, 0.3) is 0 Å². The van der Waals surface area contributed by atoms with Crippen molar-refractivity contribution in [2.75, 3.05) is 0 Å². The van der Waals surface area contributed by atoms with E-state index in [4.69, 9.17) is 9.90 Å². The van der Waals surface area contributed by atoms with Gasteiger partial charge < -0.3 is 9.90 Å². The Hall–Kier alpha value is -1.07. The van der Waals surface area contributed by atoms with Crippen LogP contribution in [0, 0.1) is 0 Å². The lowest BCUT2D eigenvalue weighted by atomic mass is 10.4. The van der Waals surface area contributed by atoms with Gasteiger partial charge in [-0.05, 0) is 6.42 Å². The molecule has 0 spiro atoms. The Morgan fingerprint density at radius 1 is 1.50 bits per heavy atom. The molecule has 0 aromatic carbocycles.